The van der Waals surface area contributed by atoms with E-state index >= 15 is 0 Å². The molecule has 2 N–H and O–H groups in total. The average molecular weight is 475 g/mol. The van der Waals surface area contributed by atoms with Crippen molar-refractivity contribution in [2.75, 3.05) is 5.32 Å². The second-order valence-corrected chi connectivity index (χ2v) is 10.6. The fraction of sp³-hybridized carbons (Fsp3) is 0.286. The van der Waals surface area contributed by atoms with Crippen LogP contribution in [0.4, 0.5) is 10.5 Å². The molecule has 0 spiro atoms. The Hall–Kier alpha value is -3.25. The Morgan fingerprint density at radius 1 is 0.882 bits per heavy atom. The summed E-state index contributed by atoms with van der Waals surface area (Å²) in [5.41, 5.74) is 2.31. The summed E-state index contributed by atoms with van der Waals surface area (Å²) >= 11 is 1.74. The van der Waals surface area contributed by atoms with E-state index in [0.29, 0.717) is 18.5 Å². The lowest BCUT2D eigenvalue weighted by atomic mass is 9.94. The highest BCUT2D eigenvalue weighted by Crippen LogP contribution is 2.32. The molecule has 1 aliphatic rings. The van der Waals surface area contributed by atoms with E-state index in [9.17, 15) is 9.59 Å². The van der Waals surface area contributed by atoms with Crippen molar-refractivity contribution in [2.45, 2.75) is 55.4 Å². The van der Waals surface area contributed by atoms with E-state index in [1.807, 2.05) is 66.7 Å². The summed E-state index contributed by atoms with van der Waals surface area (Å²) in [5, 5.41) is 5.90. The number of thioether (sulfide) groups is 1. The summed E-state index contributed by atoms with van der Waals surface area (Å²) in [4.78, 5) is 27.3. The maximum absolute atomic E-state index is 13.5. The molecule has 3 aromatic rings. The van der Waals surface area contributed by atoms with Gasteiger partial charge in [0.15, 0.2) is 0 Å². The van der Waals surface area contributed by atoms with Crippen molar-refractivity contribution >= 4 is 29.4 Å². The zero-order valence-corrected chi connectivity index (χ0v) is 20.6. The fourth-order valence-corrected chi connectivity index (χ4v) is 4.90. The number of hydrogen-bond donors (Lipinski definition) is 2. The van der Waals surface area contributed by atoms with E-state index in [4.69, 9.17) is 4.74 Å². The van der Waals surface area contributed by atoms with Gasteiger partial charge in [-0.3, -0.25) is 4.79 Å². The summed E-state index contributed by atoms with van der Waals surface area (Å²) in [5.74, 6) is 0.632. The van der Waals surface area contributed by atoms with Crippen molar-refractivity contribution in [3.8, 4) is 0 Å². The van der Waals surface area contributed by atoms with Gasteiger partial charge in [-0.2, -0.15) is 0 Å². The quantitative estimate of drug-likeness (QED) is 0.431. The predicted octanol–water partition coefficient (Wildman–Crippen LogP) is 5.98. The summed E-state index contributed by atoms with van der Waals surface area (Å²) in [7, 11) is 0. The van der Waals surface area contributed by atoms with Crippen molar-refractivity contribution in [3.05, 3.63) is 95.6 Å². The molecule has 0 saturated carbocycles. The highest BCUT2D eigenvalue weighted by Gasteiger charge is 2.46. The maximum Gasteiger partial charge on any atom is 0.408 e. The van der Waals surface area contributed by atoms with Crippen LogP contribution in [0.5, 0.6) is 0 Å². The first-order chi connectivity index (χ1) is 16.2. The minimum absolute atomic E-state index is 0.251. The van der Waals surface area contributed by atoms with Crippen molar-refractivity contribution in [2.24, 2.45) is 0 Å². The number of anilines is 1. The Bertz CT molecular complexity index is 1130. The molecule has 0 unspecified atom stereocenters. The van der Waals surface area contributed by atoms with E-state index in [1.165, 1.54) is 5.56 Å². The van der Waals surface area contributed by atoms with Crippen LogP contribution >= 0.6 is 11.8 Å². The third-order valence-corrected chi connectivity index (χ3v) is 6.72. The fourth-order valence-electron chi connectivity index (χ4n) is 4.05. The number of alkyl carbamates (subject to hydrolysis) is 1. The molecule has 176 valence electrons. The van der Waals surface area contributed by atoms with Crippen LogP contribution in [0.1, 0.15) is 37.5 Å². The highest BCUT2D eigenvalue weighted by atomic mass is 32.2. The Labute approximate surface area is 205 Å². The van der Waals surface area contributed by atoms with Gasteiger partial charge in [0.1, 0.15) is 11.1 Å². The minimum atomic E-state index is -1.10. The van der Waals surface area contributed by atoms with Crippen LogP contribution in [0.25, 0.3) is 0 Å². The van der Waals surface area contributed by atoms with Crippen molar-refractivity contribution in [1.82, 2.24) is 5.32 Å². The zero-order chi connectivity index (χ0) is 24.2. The normalized spacial score (nSPS) is 14.2. The van der Waals surface area contributed by atoms with Gasteiger partial charge < -0.3 is 15.4 Å². The van der Waals surface area contributed by atoms with E-state index in [2.05, 4.69) is 22.8 Å². The molecular formula is C28H30N2O3S. The Kier molecular flexibility index (Phi) is 6.98. The number of nitrogens with one attached hydrogen (secondary N) is 2. The number of rotatable bonds is 6. The molecule has 0 saturated heterocycles. The highest BCUT2D eigenvalue weighted by molar-refractivity contribution is 7.98. The second-order valence-electron chi connectivity index (χ2n) is 9.58. The van der Waals surface area contributed by atoms with Gasteiger partial charge in [0.2, 0.25) is 0 Å². The van der Waals surface area contributed by atoms with E-state index in [1.54, 1.807) is 32.5 Å². The van der Waals surface area contributed by atoms with Gasteiger partial charge >= 0.3 is 6.09 Å². The van der Waals surface area contributed by atoms with Crippen molar-refractivity contribution in [3.63, 3.8) is 0 Å². The number of carbonyl (C=O) groups excluding carboxylic acids is 2. The van der Waals surface area contributed by atoms with Gasteiger partial charge in [-0.25, -0.2) is 4.79 Å². The molecule has 5 nitrogen and oxygen atoms in total. The van der Waals surface area contributed by atoms with Crippen LogP contribution in [0, 0.1) is 0 Å². The summed E-state index contributed by atoms with van der Waals surface area (Å²) in [6.07, 6.45) is 0.238. The van der Waals surface area contributed by atoms with E-state index in [-0.39, 0.29) is 5.91 Å². The van der Waals surface area contributed by atoms with Crippen LogP contribution in [-0.4, -0.2) is 23.1 Å². The van der Waals surface area contributed by atoms with Gasteiger partial charge in [0.25, 0.3) is 5.91 Å². The van der Waals surface area contributed by atoms with Crippen molar-refractivity contribution < 1.29 is 14.3 Å². The monoisotopic (exact) mass is 474 g/mol. The van der Waals surface area contributed by atoms with E-state index < -0.39 is 17.2 Å². The standard InChI is InChI=1S/C28H30N2O3S/c1-27(2,3)33-26(32)30-28(17-21-11-7-8-12-22(21)18-28)25(31)29-23-13-15-24(16-14-23)34-19-20-9-5-4-6-10-20/h4-16H,17-19H2,1-3H3,(H,29,31)(H,30,32). The molecule has 3 aromatic carbocycles. The molecule has 0 bridgehead atoms. The molecular weight excluding hydrogens is 444 g/mol. The van der Waals surface area contributed by atoms with Crippen LogP contribution in [0.15, 0.2) is 83.8 Å². The SMILES string of the molecule is CC(C)(C)OC(=O)NC1(C(=O)Nc2ccc(SCc3ccccc3)cc2)Cc2ccccc2C1. The van der Waals surface area contributed by atoms with Crippen LogP contribution in [-0.2, 0) is 28.1 Å². The largest absolute Gasteiger partial charge is 0.444 e. The first-order valence-electron chi connectivity index (χ1n) is 11.4. The number of ether oxygens (including phenoxy) is 1. The number of hydrogen-bond acceptors (Lipinski definition) is 4. The minimum Gasteiger partial charge on any atom is -0.444 e. The topological polar surface area (TPSA) is 67.4 Å². The molecule has 4 rings (SSSR count). The number of carbonyl (C=O) groups is 2. The van der Waals surface area contributed by atoms with Gasteiger partial charge in [0.05, 0.1) is 0 Å². The van der Waals surface area contributed by atoms with Gasteiger partial charge in [0, 0.05) is 29.2 Å². The van der Waals surface area contributed by atoms with Crippen LogP contribution in [0.2, 0.25) is 0 Å². The predicted molar refractivity (Wildman–Crippen MR) is 137 cm³/mol. The smallest absolute Gasteiger partial charge is 0.408 e. The van der Waals surface area contributed by atoms with Gasteiger partial charge in [-0.05, 0) is 61.7 Å². The summed E-state index contributed by atoms with van der Waals surface area (Å²) in [6.45, 7) is 5.42. The molecule has 2 amide bonds. The molecule has 0 atom stereocenters. The third-order valence-electron chi connectivity index (χ3n) is 5.64. The molecule has 0 heterocycles. The first kappa shape index (κ1) is 23.9. The molecule has 0 aliphatic heterocycles. The third kappa shape index (κ3) is 6.00. The average Bonchev–Trinajstić information content (AvgIpc) is 3.17. The van der Waals surface area contributed by atoms with Crippen LogP contribution < -0.4 is 10.6 Å². The zero-order valence-electron chi connectivity index (χ0n) is 19.8. The number of benzene rings is 3. The lowest BCUT2D eigenvalue weighted by Crippen LogP contribution is -2.58. The molecule has 0 fully saturated rings. The molecule has 6 heteroatoms. The lowest BCUT2D eigenvalue weighted by molar-refractivity contribution is -0.122. The van der Waals surface area contributed by atoms with Gasteiger partial charge in [-0.1, -0.05) is 54.6 Å². The Balaban J connectivity index is 1.46. The van der Waals surface area contributed by atoms with Gasteiger partial charge in [-0.15, -0.1) is 11.8 Å². The number of amides is 2. The number of fused-ring (bicyclic) bond motifs is 1. The molecule has 0 radical (unpaired) electrons. The Morgan fingerprint density at radius 2 is 1.47 bits per heavy atom. The molecule has 0 aromatic heterocycles. The first-order valence-corrected chi connectivity index (χ1v) is 12.4. The van der Waals surface area contributed by atoms with Crippen LogP contribution in [0.3, 0.4) is 0 Å². The van der Waals surface area contributed by atoms with E-state index in [0.717, 1.165) is 21.8 Å². The summed E-state index contributed by atoms with van der Waals surface area (Å²) in [6, 6.07) is 26.0. The second kappa shape index (κ2) is 9.94. The Morgan fingerprint density at radius 3 is 2.06 bits per heavy atom. The lowest BCUT2D eigenvalue weighted by Gasteiger charge is -2.30. The maximum atomic E-state index is 13.5. The van der Waals surface area contributed by atoms with Crippen molar-refractivity contribution in [1.29, 1.82) is 0 Å². The molecule has 34 heavy (non-hydrogen) atoms. The summed E-state index contributed by atoms with van der Waals surface area (Å²) < 4.78 is 5.47. The molecule has 1 aliphatic carbocycles.